The lowest BCUT2D eigenvalue weighted by atomic mass is 10.0. The summed E-state index contributed by atoms with van der Waals surface area (Å²) >= 11 is 3.39. The molecule has 2 rings (SSSR count). The third-order valence-corrected chi connectivity index (χ3v) is 3.42. The van der Waals surface area contributed by atoms with Crippen LogP contribution in [0.15, 0.2) is 53.1 Å². The lowest BCUT2D eigenvalue weighted by molar-refractivity contribution is -0.124. The number of hydrogen-bond donors (Lipinski definition) is 2. The largest absolute Gasteiger partial charge is 0.387 e. The number of benzene rings is 1. The van der Waals surface area contributed by atoms with Crippen molar-refractivity contribution in [3.63, 3.8) is 0 Å². The first kappa shape index (κ1) is 14.7. The fourth-order valence-electron chi connectivity index (χ4n) is 1.92. The third kappa shape index (κ3) is 4.15. The van der Waals surface area contributed by atoms with Crippen molar-refractivity contribution in [2.24, 2.45) is 0 Å². The molecule has 0 aliphatic rings. The Hall–Kier alpha value is -1.72. The number of aromatic nitrogens is 1. The molecule has 0 aliphatic carbocycles. The van der Waals surface area contributed by atoms with Crippen LogP contribution < -0.4 is 5.32 Å². The summed E-state index contributed by atoms with van der Waals surface area (Å²) in [5.74, 6) is -0.395. The van der Waals surface area contributed by atoms with E-state index in [1.807, 2.05) is 42.5 Å². The average molecular weight is 335 g/mol. The summed E-state index contributed by atoms with van der Waals surface area (Å²) in [5, 5.41) is 11.7. The zero-order valence-electron chi connectivity index (χ0n) is 10.8. The van der Waals surface area contributed by atoms with Crippen LogP contribution in [0.2, 0.25) is 0 Å². The number of halogens is 1. The van der Waals surface area contributed by atoms with Gasteiger partial charge in [-0.2, -0.15) is 0 Å². The number of nitrogens with one attached hydrogen (secondary N) is 1. The molecule has 0 fully saturated rings. The SMILES string of the molecule is O=C(CO)N[C@@H](Cc1ccccn1)c1ccc(Br)cc1. The average Bonchev–Trinajstić information content (AvgIpc) is 2.48. The minimum Gasteiger partial charge on any atom is -0.387 e. The molecule has 20 heavy (non-hydrogen) atoms. The fourth-order valence-corrected chi connectivity index (χ4v) is 2.18. The number of rotatable bonds is 5. The Labute approximate surface area is 126 Å². The molecule has 0 bridgehead atoms. The second kappa shape index (κ2) is 7.17. The van der Waals surface area contributed by atoms with Crippen LogP contribution in [0, 0.1) is 0 Å². The summed E-state index contributed by atoms with van der Waals surface area (Å²) in [6, 6.07) is 13.2. The van der Waals surface area contributed by atoms with Gasteiger partial charge in [0.1, 0.15) is 6.61 Å². The van der Waals surface area contributed by atoms with Crippen LogP contribution >= 0.6 is 15.9 Å². The number of amides is 1. The van der Waals surface area contributed by atoms with Gasteiger partial charge >= 0.3 is 0 Å². The molecule has 0 spiro atoms. The molecule has 104 valence electrons. The summed E-state index contributed by atoms with van der Waals surface area (Å²) in [5.41, 5.74) is 1.86. The highest BCUT2D eigenvalue weighted by molar-refractivity contribution is 9.10. The zero-order chi connectivity index (χ0) is 14.4. The summed E-state index contributed by atoms with van der Waals surface area (Å²) in [7, 11) is 0. The van der Waals surface area contributed by atoms with Gasteiger partial charge in [-0.05, 0) is 29.8 Å². The molecule has 1 amide bonds. The van der Waals surface area contributed by atoms with Gasteiger partial charge in [-0.3, -0.25) is 9.78 Å². The van der Waals surface area contributed by atoms with Gasteiger partial charge in [0.15, 0.2) is 0 Å². The van der Waals surface area contributed by atoms with Crippen LogP contribution in [0.1, 0.15) is 17.3 Å². The highest BCUT2D eigenvalue weighted by Gasteiger charge is 2.15. The van der Waals surface area contributed by atoms with Gasteiger partial charge < -0.3 is 10.4 Å². The predicted octanol–water partition coefficient (Wildman–Crippen LogP) is 2.24. The molecule has 1 heterocycles. The second-order valence-corrected chi connectivity index (χ2v) is 5.27. The van der Waals surface area contributed by atoms with Crippen LogP contribution in [-0.4, -0.2) is 22.6 Å². The van der Waals surface area contributed by atoms with Gasteiger partial charge in [0.25, 0.3) is 0 Å². The number of hydrogen-bond acceptors (Lipinski definition) is 3. The van der Waals surface area contributed by atoms with Crippen molar-refractivity contribution in [2.45, 2.75) is 12.5 Å². The van der Waals surface area contributed by atoms with Gasteiger partial charge in [-0.15, -0.1) is 0 Å². The number of carbonyl (C=O) groups is 1. The molecule has 0 unspecified atom stereocenters. The zero-order valence-corrected chi connectivity index (χ0v) is 12.4. The molecular weight excluding hydrogens is 320 g/mol. The van der Waals surface area contributed by atoms with Crippen LogP contribution in [0.4, 0.5) is 0 Å². The minimum absolute atomic E-state index is 0.211. The Kier molecular flexibility index (Phi) is 5.26. The standard InChI is InChI=1S/C15H15BrN2O2/c16-12-6-4-11(5-7-12)14(18-15(20)10-19)9-13-3-1-2-8-17-13/h1-8,14,19H,9-10H2,(H,18,20)/t14-/m0/s1. The van der Waals surface area contributed by atoms with E-state index >= 15 is 0 Å². The van der Waals surface area contributed by atoms with Crippen molar-refractivity contribution in [3.05, 3.63) is 64.4 Å². The first-order valence-corrected chi connectivity index (χ1v) is 7.04. The lowest BCUT2D eigenvalue weighted by Gasteiger charge is -2.18. The Morgan fingerprint density at radius 2 is 2.00 bits per heavy atom. The number of carbonyl (C=O) groups excluding carboxylic acids is 1. The normalized spacial score (nSPS) is 11.9. The maximum atomic E-state index is 11.5. The molecule has 0 saturated heterocycles. The molecule has 5 heteroatoms. The van der Waals surface area contributed by atoms with E-state index in [0.29, 0.717) is 6.42 Å². The molecule has 2 aromatic rings. The van der Waals surface area contributed by atoms with Crippen LogP contribution in [-0.2, 0) is 11.2 Å². The van der Waals surface area contributed by atoms with Gasteiger partial charge in [-0.25, -0.2) is 0 Å². The van der Waals surface area contributed by atoms with Crippen molar-refractivity contribution in [3.8, 4) is 0 Å². The summed E-state index contributed by atoms with van der Waals surface area (Å²) in [6.07, 6.45) is 2.30. The molecule has 4 nitrogen and oxygen atoms in total. The van der Waals surface area contributed by atoms with Crippen LogP contribution in [0.5, 0.6) is 0 Å². The number of aliphatic hydroxyl groups is 1. The molecule has 1 aromatic heterocycles. The smallest absolute Gasteiger partial charge is 0.246 e. The maximum absolute atomic E-state index is 11.5. The van der Waals surface area contributed by atoms with Crippen molar-refractivity contribution < 1.29 is 9.90 Å². The topological polar surface area (TPSA) is 62.2 Å². The molecule has 0 saturated carbocycles. The third-order valence-electron chi connectivity index (χ3n) is 2.89. The molecule has 0 radical (unpaired) electrons. The summed E-state index contributed by atoms with van der Waals surface area (Å²) in [4.78, 5) is 15.7. The summed E-state index contributed by atoms with van der Waals surface area (Å²) in [6.45, 7) is -0.519. The van der Waals surface area contributed by atoms with E-state index in [1.54, 1.807) is 6.20 Å². The first-order chi connectivity index (χ1) is 9.69. The quantitative estimate of drug-likeness (QED) is 0.881. The van der Waals surface area contributed by atoms with E-state index in [9.17, 15) is 4.79 Å². The lowest BCUT2D eigenvalue weighted by Crippen LogP contribution is -2.32. The molecule has 0 aliphatic heterocycles. The second-order valence-electron chi connectivity index (χ2n) is 4.35. The highest BCUT2D eigenvalue weighted by Crippen LogP contribution is 2.20. The van der Waals surface area contributed by atoms with Gasteiger partial charge in [0.2, 0.25) is 5.91 Å². The van der Waals surface area contributed by atoms with Crippen molar-refractivity contribution in [1.82, 2.24) is 10.3 Å². The van der Waals surface area contributed by atoms with E-state index in [0.717, 1.165) is 15.7 Å². The maximum Gasteiger partial charge on any atom is 0.246 e. The van der Waals surface area contributed by atoms with Gasteiger partial charge in [0.05, 0.1) is 6.04 Å². The minimum atomic E-state index is -0.519. The highest BCUT2D eigenvalue weighted by atomic mass is 79.9. The van der Waals surface area contributed by atoms with E-state index in [-0.39, 0.29) is 6.04 Å². The van der Waals surface area contributed by atoms with E-state index < -0.39 is 12.5 Å². The number of pyridine rings is 1. The summed E-state index contributed by atoms with van der Waals surface area (Å²) < 4.78 is 0.978. The number of nitrogens with zero attached hydrogens (tertiary/aromatic N) is 1. The van der Waals surface area contributed by atoms with Crippen molar-refractivity contribution in [2.75, 3.05) is 6.61 Å². The monoisotopic (exact) mass is 334 g/mol. The van der Waals surface area contributed by atoms with E-state index in [1.165, 1.54) is 0 Å². The fraction of sp³-hybridized carbons (Fsp3) is 0.200. The molecule has 1 aromatic carbocycles. The van der Waals surface area contributed by atoms with Crippen molar-refractivity contribution >= 4 is 21.8 Å². The number of aliphatic hydroxyl groups excluding tert-OH is 1. The van der Waals surface area contributed by atoms with E-state index in [2.05, 4.69) is 26.2 Å². The van der Waals surface area contributed by atoms with Crippen LogP contribution in [0.3, 0.4) is 0 Å². The Balaban J connectivity index is 2.20. The molecule has 1 atom stereocenters. The Morgan fingerprint density at radius 3 is 2.60 bits per heavy atom. The predicted molar refractivity (Wildman–Crippen MR) is 80.1 cm³/mol. The molecule has 2 N–H and O–H groups in total. The Morgan fingerprint density at radius 1 is 1.25 bits per heavy atom. The van der Waals surface area contributed by atoms with Crippen LogP contribution in [0.25, 0.3) is 0 Å². The van der Waals surface area contributed by atoms with Gasteiger partial charge in [-0.1, -0.05) is 34.1 Å². The van der Waals surface area contributed by atoms with Crippen molar-refractivity contribution in [1.29, 1.82) is 0 Å². The van der Waals surface area contributed by atoms with Gasteiger partial charge in [0, 0.05) is 22.8 Å². The first-order valence-electron chi connectivity index (χ1n) is 6.24. The Bertz CT molecular complexity index is 558. The van der Waals surface area contributed by atoms with E-state index in [4.69, 9.17) is 5.11 Å². The molecular formula is C15H15BrN2O2.